The lowest BCUT2D eigenvalue weighted by Crippen LogP contribution is -2.26. The summed E-state index contributed by atoms with van der Waals surface area (Å²) in [5.41, 5.74) is 3.53. The number of hydrogen-bond donors (Lipinski definition) is 1. The summed E-state index contributed by atoms with van der Waals surface area (Å²) in [6.45, 7) is 3.94. The molecule has 114 valence electrons. The van der Waals surface area contributed by atoms with Crippen LogP contribution in [0.2, 0.25) is 0 Å². The van der Waals surface area contributed by atoms with E-state index in [1.165, 1.54) is 15.6 Å². The molecule has 1 heterocycles. The molecule has 1 aromatic heterocycles. The van der Waals surface area contributed by atoms with Gasteiger partial charge in [0.1, 0.15) is 0 Å². The maximum Gasteiger partial charge on any atom is 0.243 e. The second kappa shape index (κ2) is 7.13. The standard InChI is InChI=1S/C14H19N3O2S2/c1-3-15-8-12-4-6-14(7-5-12)21(18,19)17(2)9-13-10-20-11-16-13/h4-7,10-11,15H,3,8-9H2,1-2H3. The second-order valence-corrected chi connectivity index (χ2v) is 7.43. The molecular weight excluding hydrogens is 306 g/mol. The van der Waals surface area contributed by atoms with E-state index in [1.54, 1.807) is 24.7 Å². The summed E-state index contributed by atoms with van der Waals surface area (Å²) in [6.07, 6.45) is 0. The first-order valence-corrected chi connectivity index (χ1v) is 9.05. The Balaban J connectivity index is 2.11. The van der Waals surface area contributed by atoms with E-state index in [1.807, 2.05) is 24.4 Å². The van der Waals surface area contributed by atoms with Gasteiger partial charge < -0.3 is 5.32 Å². The van der Waals surface area contributed by atoms with Crippen molar-refractivity contribution in [2.45, 2.75) is 24.9 Å². The summed E-state index contributed by atoms with van der Waals surface area (Å²) in [4.78, 5) is 4.42. The molecule has 2 aromatic rings. The fourth-order valence-electron chi connectivity index (χ4n) is 1.86. The van der Waals surface area contributed by atoms with Gasteiger partial charge in [-0.3, -0.25) is 0 Å². The number of nitrogens with one attached hydrogen (secondary N) is 1. The Morgan fingerprint density at radius 1 is 1.29 bits per heavy atom. The molecule has 0 aliphatic rings. The normalized spacial score (nSPS) is 12.0. The number of benzene rings is 1. The fraction of sp³-hybridized carbons (Fsp3) is 0.357. The third-order valence-electron chi connectivity index (χ3n) is 3.08. The second-order valence-electron chi connectivity index (χ2n) is 4.67. The Kier molecular flexibility index (Phi) is 5.46. The molecule has 0 saturated heterocycles. The van der Waals surface area contributed by atoms with Crippen LogP contribution in [0.25, 0.3) is 0 Å². The number of hydrogen-bond acceptors (Lipinski definition) is 5. The SMILES string of the molecule is CCNCc1ccc(S(=O)(=O)N(C)Cc2cscn2)cc1. The zero-order chi connectivity index (χ0) is 15.3. The van der Waals surface area contributed by atoms with Gasteiger partial charge in [-0.05, 0) is 24.2 Å². The number of thiazole rings is 1. The molecular formula is C14H19N3O2S2. The molecule has 0 aliphatic heterocycles. The molecule has 2 rings (SSSR count). The summed E-state index contributed by atoms with van der Waals surface area (Å²) >= 11 is 1.46. The molecule has 0 bridgehead atoms. The van der Waals surface area contributed by atoms with Gasteiger partial charge in [-0.1, -0.05) is 19.1 Å². The van der Waals surface area contributed by atoms with Gasteiger partial charge in [0.15, 0.2) is 0 Å². The van der Waals surface area contributed by atoms with Gasteiger partial charge in [-0.25, -0.2) is 13.4 Å². The van der Waals surface area contributed by atoms with Crippen LogP contribution in [-0.2, 0) is 23.1 Å². The monoisotopic (exact) mass is 325 g/mol. The van der Waals surface area contributed by atoms with Crippen LogP contribution in [0.4, 0.5) is 0 Å². The van der Waals surface area contributed by atoms with Crippen molar-refractivity contribution in [2.24, 2.45) is 0 Å². The lowest BCUT2D eigenvalue weighted by Gasteiger charge is -2.16. The average molecular weight is 325 g/mol. The summed E-state index contributed by atoms with van der Waals surface area (Å²) in [5.74, 6) is 0. The molecule has 21 heavy (non-hydrogen) atoms. The van der Waals surface area contributed by atoms with E-state index in [9.17, 15) is 8.42 Å². The van der Waals surface area contributed by atoms with E-state index in [4.69, 9.17) is 0 Å². The van der Waals surface area contributed by atoms with E-state index < -0.39 is 10.0 Å². The van der Waals surface area contributed by atoms with E-state index in [-0.39, 0.29) is 6.54 Å². The van der Waals surface area contributed by atoms with E-state index in [0.717, 1.165) is 24.3 Å². The van der Waals surface area contributed by atoms with E-state index in [0.29, 0.717) is 4.90 Å². The predicted molar refractivity (Wildman–Crippen MR) is 84.6 cm³/mol. The lowest BCUT2D eigenvalue weighted by atomic mass is 10.2. The Morgan fingerprint density at radius 2 is 2.00 bits per heavy atom. The maximum atomic E-state index is 12.5. The maximum absolute atomic E-state index is 12.5. The van der Waals surface area contributed by atoms with Crippen molar-refractivity contribution in [1.82, 2.24) is 14.6 Å². The summed E-state index contributed by atoms with van der Waals surface area (Å²) < 4.78 is 26.3. The third-order valence-corrected chi connectivity index (χ3v) is 5.53. The van der Waals surface area contributed by atoms with Crippen LogP contribution in [0.15, 0.2) is 40.1 Å². The molecule has 0 fully saturated rings. The van der Waals surface area contributed by atoms with E-state index in [2.05, 4.69) is 10.3 Å². The van der Waals surface area contributed by atoms with Gasteiger partial charge in [-0.15, -0.1) is 11.3 Å². The molecule has 7 heteroatoms. The van der Waals surface area contributed by atoms with Gasteiger partial charge in [0.2, 0.25) is 10.0 Å². The predicted octanol–water partition coefficient (Wildman–Crippen LogP) is 2.07. The van der Waals surface area contributed by atoms with E-state index >= 15 is 0 Å². The van der Waals surface area contributed by atoms with Crippen molar-refractivity contribution in [2.75, 3.05) is 13.6 Å². The minimum Gasteiger partial charge on any atom is -0.313 e. The van der Waals surface area contributed by atoms with Crippen LogP contribution >= 0.6 is 11.3 Å². The van der Waals surface area contributed by atoms with Crippen LogP contribution < -0.4 is 5.32 Å². The zero-order valence-corrected chi connectivity index (χ0v) is 13.7. The van der Waals surface area contributed by atoms with Crippen LogP contribution in [0.3, 0.4) is 0 Å². The smallest absolute Gasteiger partial charge is 0.243 e. The minimum atomic E-state index is -3.47. The Hall–Kier alpha value is -1.28. The molecule has 0 radical (unpaired) electrons. The van der Waals surface area contributed by atoms with Gasteiger partial charge in [0, 0.05) is 19.0 Å². The molecule has 0 amide bonds. The first-order chi connectivity index (χ1) is 10.0. The highest BCUT2D eigenvalue weighted by Crippen LogP contribution is 2.17. The molecule has 5 nitrogen and oxygen atoms in total. The summed E-state index contributed by atoms with van der Waals surface area (Å²) in [5, 5.41) is 5.06. The van der Waals surface area contributed by atoms with Crippen molar-refractivity contribution < 1.29 is 8.42 Å². The lowest BCUT2D eigenvalue weighted by molar-refractivity contribution is 0.463. The Bertz CT molecular complexity index is 652. The Morgan fingerprint density at radius 3 is 2.57 bits per heavy atom. The highest BCUT2D eigenvalue weighted by molar-refractivity contribution is 7.89. The van der Waals surface area contributed by atoms with Crippen LogP contribution in [0.5, 0.6) is 0 Å². The summed E-state index contributed by atoms with van der Waals surface area (Å²) in [6, 6.07) is 6.98. The molecule has 0 atom stereocenters. The molecule has 0 unspecified atom stereocenters. The number of nitrogens with zero attached hydrogens (tertiary/aromatic N) is 2. The quantitative estimate of drug-likeness (QED) is 0.846. The number of aromatic nitrogens is 1. The van der Waals surface area contributed by atoms with Gasteiger partial charge >= 0.3 is 0 Å². The van der Waals surface area contributed by atoms with Gasteiger partial charge in [-0.2, -0.15) is 4.31 Å². The average Bonchev–Trinajstić information content (AvgIpc) is 2.98. The molecule has 1 aromatic carbocycles. The van der Waals surface area contributed by atoms with Crippen molar-refractivity contribution in [3.05, 3.63) is 46.4 Å². The first-order valence-electron chi connectivity index (χ1n) is 6.67. The van der Waals surface area contributed by atoms with Crippen LogP contribution in [0, 0.1) is 0 Å². The number of rotatable bonds is 7. The number of sulfonamides is 1. The Labute approximate surface area is 129 Å². The van der Waals surface area contributed by atoms with Crippen molar-refractivity contribution >= 4 is 21.4 Å². The minimum absolute atomic E-state index is 0.283. The highest BCUT2D eigenvalue weighted by Gasteiger charge is 2.21. The van der Waals surface area contributed by atoms with Crippen LogP contribution in [-0.4, -0.2) is 31.3 Å². The largest absolute Gasteiger partial charge is 0.313 e. The summed E-state index contributed by atoms with van der Waals surface area (Å²) in [7, 11) is -1.90. The first kappa shape index (κ1) is 16.1. The fourth-order valence-corrected chi connectivity index (χ4v) is 3.55. The van der Waals surface area contributed by atoms with Crippen LogP contribution in [0.1, 0.15) is 18.2 Å². The third kappa shape index (κ3) is 4.10. The highest BCUT2D eigenvalue weighted by atomic mass is 32.2. The topological polar surface area (TPSA) is 62.3 Å². The van der Waals surface area contributed by atoms with Crippen molar-refractivity contribution in [3.8, 4) is 0 Å². The van der Waals surface area contributed by atoms with Gasteiger partial charge in [0.25, 0.3) is 0 Å². The van der Waals surface area contributed by atoms with Crippen molar-refractivity contribution in [3.63, 3.8) is 0 Å². The molecule has 1 N–H and O–H groups in total. The van der Waals surface area contributed by atoms with Gasteiger partial charge in [0.05, 0.1) is 22.6 Å². The molecule has 0 saturated carbocycles. The molecule has 0 spiro atoms. The van der Waals surface area contributed by atoms with Crippen molar-refractivity contribution in [1.29, 1.82) is 0 Å². The zero-order valence-electron chi connectivity index (χ0n) is 12.1. The molecule has 0 aliphatic carbocycles.